The van der Waals surface area contributed by atoms with Gasteiger partial charge in [-0.3, -0.25) is 0 Å². The fourth-order valence-corrected chi connectivity index (χ4v) is 1.25. The van der Waals surface area contributed by atoms with Crippen LogP contribution in [0.2, 0.25) is 0 Å². The van der Waals surface area contributed by atoms with E-state index in [1.807, 2.05) is 0 Å². The molecule has 1 atom stereocenters. The third-order valence-corrected chi connectivity index (χ3v) is 1.85. The van der Waals surface area contributed by atoms with Crippen LogP contribution in [-0.4, -0.2) is 12.6 Å². The van der Waals surface area contributed by atoms with Gasteiger partial charge in [-0.25, -0.2) is 0 Å². The van der Waals surface area contributed by atoms with Crippen molar-refractivity contribution in [2.24, 2.45) is 0 Å². The highest BCUT2D eigenvalue weighted by molar-refractivity contribution is 5.22. The zero-order valence-corrected chi connectivity index (χ0v) is 6.49. The number of hydrogen-bond donors (Lipinski definition) is 1. The first-order chi connectivity index (χ1) is 4.25. The first-order valence-electron chi connectivity index (χ1n) is 3.65. The average molecular weight is 125 g/mol. The molecule has 0 aromatic rings. The Morgan fingerprint density at radius 1 is 1.56 bits per heavy atom. The van der Waals surface area contributed by atoms with E-state index in [4.69, 9.17) is 0 Å². The van der Waals surface area contributed by atoms with E-state index in [0.717, 1.165) is 6.04 Å². The molecule has 0 bridgehead atoms. The Balaban J connectivity index is 2.57. The van der Waals surface area contributed by atoms with Crippen molar-refractivity contribution in [2.75, 3.05) is 6.54 Å². The van der Waals surface area contributed by atoms with E-state index >= 15 is 0 Å². The maximum atomic E-state index is 3.31. The van der Waals surface area contributed by atoms with E-state index in [1.165, 1.54) is 18.5 Å². The summed E-state index contributed by atoms with van der Waals surface area (Å²) >= 11 is 0. The minimum atomic E-state index is 0.736. The average Bonchev–Trinajstić information content (AvgIpc) is 2.50. The normalized spacial score (nSPS) is 23.7. The van der Waals surface area contributed by atoms with Crippen molar-refractivity contribution in [3.05, 3.63) is 11.1 Å². The summed E-state index contributed by atoms with van der Waals surface area (Å²) in [5.41, 5.74) is 3.10. The van der Waals surface area contributed by atoms with Crippen LogP contribution < -0.4 is 5.32 Å². The van der Waals surface area contributed by atoms with Gasteiger partial charge in [0.05, 0.1) is 0 Å². The van der Waals surface area contributed by atoms with Crippen molar-refractivity contribution in [3.63, 3.8) is 0 Å². The van der Waals surface area contributed by atoms with Crippen LogP contribution in [-0.2, 0) is 0 Å². The molecule has 0 radical (unpaired) electrons. The standard InChI is InChI=1S/C8H15N/c1-4-7(6(2)3)8-5-9-8/h8-9H,4-5H2,1-3H3. The summed E-state index contributed by atoms with van der Waals surface area (Å²) in [4.78, 5) is 0. The highest BCUT2D eigenvalue weighted by atomic mass is 15.1. The van der Waals surface area contributed by atoms with E-state index in [1.54, 1.807) is 5.57 Å². The summed E-state index contributed by atoms with van der Waals surface area (Å²) in [7, 11) is 0. The molecule has 1 unspecified atom stereocenters. The lowest BCUT2D eigenvalue weighted by Crippen LogP contribution is -1.97. The molecule has 0 saturated carbocycles. The van der Waals surface area contributed by atoms with E-state index < -0.39 is 0 Å². The van der Waals surface area contributed by atoms with Crippen molar-refractivity contribution in [1.29, 1.82) is 0 Å². The quantitative estimate of drug-likeness (QED) is 0.440. The van der Waals surface area contributed by atoms with Gasteiger partial charge in [0.15, 0.2) is 0 Å². The zero-order chi connectivity index (χ0) is 6.85. The lowest BCUT2D eigenvalue weighted by molar-refractivity contribution is 0.950. The Labute approximate surface area is 57.1 Å². The van der Waals surface area contributed by atoms with Gasteiger partial charge < -0.3 is 5.32 Å². The smallest absolute Gasteiger partial charge is 0.0409 e. The molecule has 1 heteroatoms. The van der Waals surface area contributed by atoms with Crippen molar-refractivity contribution in [1.82, 2.24) is 5.32 Å². The third kappa shape index (κ3) is 1.55. The largest absolute Gasteiger partial charge is 0.307 e. The van der Waals surface area contributed by atoms with E-state index in [2.05, 4.69) is 26.1 Å². The lowest BCUT2D eigenvalue weighted by Gasteiger charge is -2.01. The maximum absolute atomic E-state index is 3.31. The van der Waals surface area contributed by atoms with Gasteiger partial charge in [0.1, 0.15) is 0 Å². The van der Waals surface area contributed by atoms with Crippen molar-refractivity contribution < 1.29 is 0 Å². The van der Waals surface area contributed by atoms with E-state index in [0.29, 0.717) is 0 Å². The SMILES string of the molecule is CCC(=C(C)C)C1CN1. The zero-order valence-electron chi connectivity index (χ0n) is 6.49. The molecular weight excluding hydrogens is 110 g/mol. The molecule has 9 heavy (non-hydrogen) atoms. The number of hydrogen-bond acceptors (Lipinski definition) is 1. The fraction of sp³-hybridized carbons (Fsp3) is 0.750. The van der Waals surface area contributed by atoms with Crippen LogP contribution in [0.15, 0.2) is 11.1 Å². The van der Waals surface area contributed by atoms with Gasteiger partial charge in [0, 0.05) is 12.6 Å². The van der Waals surface area contributed by atoms with Crippen LogP contribution in [0.5, 0.6) is 0 Å². The van der Waals surface area contributed by atoms with Gasteiger partial charge in [0.2, 0.25) is 0 Å². The number of allylic oxidation sites excluding steroid dienone is 1. The second kappa shape index (κ2) is 2.53. The fourth-order valence-electron chi connectivity index (χ4n) is 1.25. The van der Waals surface area contributed by atoms with Crippen LogP contribution in [0.1, 0.15) is 27.2 Å². The van der Waals surface area contributed by atoms with Crippen LogP contribution in [0, 0.1) is 0 Å². The Morgan fingerprint density at radius 2 is 2.11 bits per heavy atom. The summed E-state index contributed by atoms with van der Waals surface area (Å²) in [6, 6.07) is 0.736. The van der Waals surface area contributed by atoms with Crippen LogP contribution in [0.3, 0.4) is 0 Å². The van der Waals surface area contributed by atoms with E-state index in [-0.39, 0.29) is 0 Å². The predicted molar refractivity (Wildman–Crippen MR) is 40.5 cm³/mol. The second-order valence-corrected chi connectivity index (χ2v) is 2.84. The van der Waals surface area contributed by atoms with Gasteiger partial charge in [-0.2, -0.15) is 0 Å². The Kier molecular flexibility index (Phi) is 1.91. The van der Waals surface area contributed by atoms with Gasteiger partial charge in [-0.05, 0) is 20.3 Å². The van der Waals surface area contributed by atoms with Crippen molar-refractivity contribution >= 4 is 0 Å². The van der Waals surface area contributed by atoms with Gasteiger partial charge in [0.25, 0.3) is 0 Å². The molecule has 1 heterocycles. The molecule has 1 aliphatic rings. The minimum Gasteiger partial charge on any atom is -0.307 e. The summed E-state index contributed by atoms with van der Waals surface area (Å²) < 4.78 is 0. The molecule has 0 aromatic heterocycles. The Hall–Kier alpha value is -0.300. The molecule has 1 saturated heterocycles. The van der Waals surface area contributed by atoms with Crippen LogP contribution in [0.4, 0.5) is 0 Å². The van der Waals surface area contributed by atoms with Gasteiger partial charge in [-0.1, -0.05) is 18.1 Å². The highest BCUT2D eigenvalue weighted by Gasteiger charge is 2.23. The number of rotatable bonds is 2. The second-order valence-electron chi connectivity index (χ2n) is 2.84. The van der Waals surface area contributed by atoms with Crippen LogP contribution in [0.25, 0.3) is 0 Å². The summed E-state index contributed by atoms with van der Waals surface area (Å²) in [5, 5.41) is 3.31. The van der Waals surface area contributed by atoms with Gasteiger partial charge >= 0.3 is 0 Å². The molecule has 0 aliphatic carbocycles. The summed E-state index contributed by atoms with van der Waals surface area (Å²) in [6.45, 7) is 7.81. The monoisotopic (exact) mass is 125 g/mol. The first kappa shape index (κ1) is 6.81. The first-order valence-corrected chi connectivity index (χ1v) is 3.65. The maximum Gasteiger partial charge on any atom is 0.0409 e. The molecule has 0 spiro atoms. The molecule has 1 fully saturated rings. The van der Waals surface area contributed by atoms with Crippen LogP contribution >= 0.6 is 0 Å². The molecule has 1 rings (SSSR count). The minimum absolute atomic E-state index is 0.736. The molecule has 1 nitrogen and oxygen atoms in total. The number of nitrogens with one attached hydrogen (secondary N) is 1. The molecular formula is C8H15N. The Bertz CT molecular complexity index is 128. The molecule has 0 aromatic carbocycles. The van der Waals surface area contributed by atoms with Crippen molar-refractivity contribution in [2.45, 2.75) is 33.2 Å². The topological polar surface area (TPSA) is 21.9 Å². The van der Waals surface area contributed by atoms with Gasteiger partial charge in [-0.15, -0.1) is 0 Å². The summed E-state index contributed by atoms with van der Waals surface area (Å²) in [6.07, 6.45) is 1.21. The highest BCUT2D eigenvalue weighted by Crippen LogP contribution is 2.18. The molecule has 1 aliphatic heterocycles. The van der Waals surface area contributed by atoms with E-state index in [9.17, 15) is 0 Å². The molecule has 52 valence electrons. The third-order valence-electron chi connectivity index (χ3n) is 1.85. The summed E-state index contributed by atoms with van der Waals surface area (Å²) in [5.74, 6) is 0. The molecule has 1 N–H and O–H groups in total. The van der Waals surface area contributed by atoms with Crippen molar-refractivity contribution in [3.8, 4) is 0 Å². The molecule has 0 amide bonds. The Morgan fingerprint density at radius 3 is 2.22 bits per heavy atom. The predicted octanol–water partition coefficient (Wildman–Crippen LogP) is 1.70. The lowest BCUT2D eigenvalue weighted by atomic mass is 10.1.